The van der Waals surface area contributed by atoms with Gasteiger partial charge in [0.25, 0.3) is 0 Å². The quantitative estimate of drug-likeness (QED) is 0.672. The lowest BCUT2D eigenvalue weighted by Gasteiger charge is -2.11. The number of methoxy groups -OCH3 is 2. The Morgan fingerprint density at radius 3 is 2.57 bits per heavy atom. The largest absolute Gasteiger partial charge is 0.493 e. The number of carbonyl (C=O) groups excluding carboxylic acids is 1. The second-order valence-corrected chi connectivity index (χ2v) is 4.89. The molecule has 0 aliphatic carbocycles. The first kappa shape index (κ1) is 16.8. The van der Waals surface area contributed by atoms with Crippen molar-refractivity contribution in [3.05, 3.63) is 54.6 Å². The zero-order chi connectivity index (χ0) is 15.5. The van der Waals surface area contributed by atoms with E-state index in [0.717, 1.165) is 10.8 Å². The number of benzene rings is 2. The lowest BCUT2D eigenvalue weighted by Crippen LogP contribution is -2.09. The van der Waals surface area contributed by atoms with Crippen molar-refractivity contribution >= 4 is 29.0 Å². The standard InChI is InChI=1S/C17H16N2O3.ClH/c1-21-16-8-12-4-3-5-13(14(12)9-17(16)22-2)15(20)10-19-7-6-18-11-19;/h3-9,11H,10H2,1-2H3;1H. The Labute approximate surface area is 140 Å². The van der Waals surface area contributed by atoms with E-state index in [4.69, 9.17) is 9.47 Å². The molecule has 23 heavy (non-hydrogen) atoms. The van der Waals surface area contributed by atoms with Crippen LogP contribution >= 0.6 is 12.4 Å². The number of ketones is 1. The molecule has 0 fully saturated rings. The average Bonchev–Trinajstić information content (AvgIpc) is 3.05. The van der Waals surface area contributed by atoms with Crippen LogP contribution in [0.25, 0.3) is 10.8 Å². The number of Topliss-reactive ketones (excluding diaryl/α,β-unsaturated/α-hetero) is 1. The summed E-state index contributed by atoms with van der Waals surface area (Å²) in [7, 11) is 3.18. The highest BCUT2D eigenvalue weighted by atomic mass is 35.5. The molecule has 3 aromatic rings. The summed E-state index contributed by atoms with van der Waals surface area (Å²) in [4.78, 5) is 16.5. The SMILES string of the molecule is COc1cc2cccc(C(=O)Cn3ccnc3)c2cc1OC.Cl. The lowest BCUT2D eigenvalue weighted by atomic mass is 10.0. The first-order chi connectivity index (χ1) is 10.7. The molecular formula is C17H17ClN2O3. The van der Waals surface area contributed by atoms with E-state index in [2.05, 4.69) is 4.98 Å². The van der Waals surface area contributed by atoms with Crippen molar-refractivity contribution in [3.8, 4) is 11.5 Å². The monoisotopic (exact) mass is 332 g/mol. The van der Waals surface area contributed by atoms with E-state index in [-0.39, 0.29) is 24.7 Å². The molecule has 0 spiro atoms. The van der Waals surface area contributed by atoms with E-state index in [0.29, 0.717) is 17.1 Å². The number of fused-ring (bicyclic) bond motifs is 1. The van der Waals surface area contributed by atoms with Gasteiger partial charge in [-0.2, -0.15) is 0 Å². The number of hydrogen-bond donors (Lipinski definition) is 0. The number of carbonyl (C=O) groups is 1. The van der Waals surface area contributed by atoms with E-state index in [1.54, 1.807) is 37.5 Å². The van der Waals surface area contributed by atoms with E-state index >= 15 is 0 Å². The zero-order valence-corrected chi connectivity index (χ0v) is 13.7. The summed E-state index contributed by atoms with van der Waals surface area (Å²) < 4.78 is 12.4. The van der Waals surface area contributed by atoms with Crippen LogP contribution in [-0.4, -0.2) is 29.6 Å². The molecule has 0 bridgehead atoms. The normalized spacial score (nSPS) is 10.2. The Balaban J connectivity index is 0.00000192. The Morgan fingerprint density at radius 1 is 1.17 bits per heavy atom. The summed E-state index contributed by atoms with van der Waals surface area (Å²) >= 11 is 0. The van der Waals surface area contributed by atoms with Gasteiger partial charge in [0.15, 0.2) is 17.3 Å². The number of nitrogens with zero attached hydrogens (tertiary/aromatic N) is 2. The van der Waals surface area contributed by atoms with Gasteiger partial charge in [0.1, 0.15) is 0 Å². The highest BCUT2D eigenvalue weighted by molar-refractivity contribution is 6.08. The van der Waals surface area contributed by atoms with Gasteiger partial charge in [-0.05, 0) is 22.9 Å². The Morgan fingerprint density at radius 2 is 1.91 bits per heavy atom. The Kier molecular flexibility index (Phi) is 5.24. The van der Waals surface area contributed by atoms with Crippen molar-refractivity contribution < 1.29 is 14.3 Å². The van der Waals surface area contributed by atoms with Crippen molar-refractivity contribution in [3.63, 3.8) is 0 Å². The van der Waals surface area contributed by atoms with Crippen LogP contribution in [0.3, 0.4) is 0 Å². The summed E-state index contributed by atoms with van der Waals surface area (Å²) in [5.41, 5.74) is 0.659. The molecule has 0 amide bonds. The van der Waals surface area contributed by atoms with Gasteiger partial charge in [-0.1, -0.05) is 18.2 Å². The molecular weight excluding hydrogens is 316 g/mol. The maximum Gasteiger partial charge on any atom is 0.183 e. The molecule has 0 unspecified atom stereocenters. The minimum atomic E-state index is 0. The fourth-order valence-electron chi connectivity index (χ4n) is 2.48. The van der Waals surface area contributed by atoms with Gasteiger partial charge in [0, 0.05) is 18.0 Å². The first-order valence-electron chi connectivity index (χ1n) is 6.86. The van der Waals surface area contributed by atoms with E-state index in [1.807, 2.05) is 30.3 Å². The van der Waals surface area contributed by atoms with Crippen molar-refractivity contribution in [2.24, 2.45) is 0 Å². The van der Waals surface area contributed by atoms with Crippen LogP contribution in [-0.2, 0) is 6.54 Å². The zero-order valence-electron chi connectivity index (χ0n) is 12.9. The molecule has 0 aliphatic heterocycles. The van der Waals surface area contributed by atoms with Crippen LogP contribution in [0.15, 0.2) is 49.1 Å². The van der Waals surface area contributed by atoms with Crippen molar-refractivity contribution in [1.29, 1.82) is 0 Å². The van der Waals surface area contributed by atoms with Crippen LogP contribution < -0.4 is 9.47 Å². The number of aromatic nitrogens is 2. The van der Waals surface area contributed by atoms with E-state index in [1.165, 1.54) is 0 Å². The molecule has 0 radical (unpaired) electrons. The molecule has 120 valence electrons. The van der Waals surface area contributed by atoms with Gasteiger partial charge in [0.05, 0.1) is 27.1 Å². The number of halogens is 1. The van der Waals surface area contributed by atoms with E-state index < -0.39 is 0 Å². The van der Waals surface area contributed by atoms with Gasteiger partial charge in [-0.15, -0.1) is 12.4 Å². The molecule has 3 rings (SSSR count). The summed E-state index contributed by atoms with van der Waals surface area (Å²) in [6.07, 6.45) is 5.06. The summed E-state index contributed by atoms with van der Waals surface area (Å²) in [6, 6.07) is 9.37. The molecule has 1 aromatic heterocycles. The van der Waals surface area contributed by atoms with Crippen molar-refractivity contribution in [2.45, 2.75) is 6.54 Å². The summed E-state index contributed by atoms with van der Waals surface area (Å²) in [6.45, 7) is 0.257. The van der Waals surface area contributed by atoms with Gasteiger partial charge >= 0.3 is 0 Å². The smallest absolute Gasteiger partial charge is 0.183 e. The number of ether oxygens (including phenoxy) is 2. The number of imidazole rings is 1. The molecule has 0 saturated heterocycles. The first-order valence-corrected chi connectivity index (χ1v) is 6.86. The molecule has 5 nitrogen and oxygen atoms in total. The summed E-state index contributed by atoms with van der Waals surface area (Å²) in [5.74, 6) is 1.28. The third-order valence-electron chi connectivity index (χ3n) is 3.57. The molecule has 6 heteroatoms. The number of hydrogen-bond acceptors (Lipinski definition) is 4. The minimum absolute atomic E-state index is 0. The molecule has 0 aliphatic rings. The van der Waals surface area contributed by atoms with Crippen LogP contribution in [0, 0.1) is 0 Å². The Bertz CT molecular complexity index is 816. The number of rotatable bonds is 5. The van der Waals surface area contributed by atoms with Crippen LogP contribution in [0.1, 0.15) is 10.4 Å². The molecule has 0 saturated carbocycles. The molecule has 0 atom stereocenters. The maximum atomic E-state index is 12.6. The fraction of sp³-hybridized carbons (Fsp3) is 0.176. The second kappa shape index (κ2) is 7.15. The van der Waals surface area contributed by atoms with Crippen molar-refractivity contribution in [1.82, 2.24) is 9.55 Å². The summed E-state index contributed by atoms with van der Waals surface area (Å²) in [5, 5.41) is 1.79. The highest BCUT2D eigenvalue weighted by Crippen LogP contribution is 2.33. The Hall–Kier alpha value is -2.53. The van der Waals surface area contributed by atoms with Gasteiger partial charge in [-0.25, -0.2) is 4.98 Å². The average molecular weight is 333 g/mol. The third kappa shape index (κ3) is 3.29. The van der Waals surface area contributed by atoms with Gasteiger partial charge in [-0.3, -0.25) is 4.79 Å². The van der Waals surface area contributed by atoms with Crippen molar-refractivity contribution in [2.75, 3.05) is 14.2 Å². The second-order valence-electron chi connectivity index (χ2n) is 4.89. The predicted molar refractivity (Wildman–Crippen MR) is 90.9 cm³/mol. The van der Waals surface area contributed by atoms with Gasteiger partial charge < -0.3 is 14.0 Å². The third-order valence-corrected chi connectivity index (χ3v) is 3.57. The van der Waals surface area contributed by atoms with Crippen LogP contribution in [0.5, 0.6) is 11.5 Å². The topological polar surface area (TPSA) is 53.4 Å². The van der Waals surface area contributed by atoms with Crippen LogP contribution in [0.4, 0.5) is 0 Å². The lowest BCUT2D eigenvalue weighted by molar-refractivity contribution is 0.0973. The van der Waals surface area contributed by atoms with Gasteiger partial charge in [0.2, 0.25) is 0 Å². The van der Waals surface area contributed by atoms with Crippen LogP contribution in [0.2, 0.25) is 0 Å². The maximum absolute atomic E-state index is 12.6. The minimum Gasteiger partial charge on any atom is -0.493 e. The fourth-order valence-corrected chi connectivity index (χ4v) is 2.48. The molecule has 2 aromatic carbocycles. The predicted octanol–water partition coefficient (Wildman–Crippen LogP) is 3.36. The van der Waals surface area contributed by atoms with E-state index in [9.17, 15) is 4.79 Å². The molecule has 1 heterocycles. The highest BCUT2D eigenvalue weighted by Gasteiger charge is 2.13. The molecule has 0 N–H and O–H groups in total.